The van der Waals surface area contributed by atoms with Crippen molar-refractivity contribution in [3.05, 3.63) is 45.4 Å². The second-order valence-electron chi connectivity index (χ2n) is 5.90. The van der Waals surface area contributed by atoms with Crippen molar-refractivity contribution in [2.24, 2.45) is 0 Å². The van der Waals surface area contributed by atoms with Crippen LogP contribution >= 0.6 is 15.9 Å². The molecule has 2 rings (SSSR count). The molecule has 0 spiro atoms. The van der Waals surface area contributed by atoms with Gasteiger partial charge in [0.1, 0.15) is 11.5 Å². The highest BCUT2D eigenvalue weighted by Crippen LogP contribution is 2.24. The van der Waals surface area contributed by atoms with Crippen LogP contribution < -0.4 is 5.32 Å². The van der Waals surface area contributed by atoms with Crippen LogP contribution in [0.5, 0.6) is 0 Å². The third kappa shape index (κ3) is 5.12. The molecule has 0 saturated carbocycles. The Morgan fingerprint density at radius 3 is 2.80 bits per heavy atom. The normalized spacial score (nSPS) is 10.9. The fraction of sp³-hybridized carbons (Fsp3) is 0.444. The van der Waals surface area contributed by atoms with E-state index >= 15 is 0 Å². The molecule has 1 N–H and O–H groups in total. The van der Waals surface area contributed by atoms with Crippen LogP contribution in [0.2, 0.25) is 0 Å². The molecule has 25 heavy (non-hydrogen) atoms. The molecule has 1 aromatic carbocycles. The van der Waals surface area contributed by atoms with Gasteiger partial charge in [-0.25, -0.2) is 4.39 Å². The Kier molecular flexibility index (Phi) is 7.13. The summed E-state index contributed by atoms with van der Waals surface area (Å²) in [6.07, 6.45) is 3.71. The fourth-order valence-corrected chi connectivity index (χ4v) is 2.69. The predicted octanol–water partition coefficient (Wildman–Crippen LogP) is 4.47. The highest BCUT2D eigenvalue weighted by atomic mass is 79.9. The molecular weight excluding hydrogens is 389 g/mol. The lowest BCUT2D eigenvalue weighted by atomic mass is 10.2. The summed E-state index contributed by atoms with van der Waals surface area (Å²) in [6.45, 7) is 7.39. The zero-order chi connectivity index (χ0) is 18.4. The Morgan fingerprint density at radius 2 is 2.08 bits per heavy atom. The van der Waals surface area contributed by atoms with Crippen LogP contribution in [-0.2, 0) is 11.3 Å². The van der Waals surface area contributed by atoms with Crippen molar-refractivity contribution in [3.8, 4) is 0 Å². The first-order valence-corrected chi connectivity index (χ1v) is 9.10. The summed E-state index contributed by atoms with van der Waals surface area (Å²) < 4.78 is 21.9. The van der Waals surface area contributed by atoms with Crippen LogP contribution in [0.4, 0.5) is 10.1 Å². The number of hydrogen-bond donors (Lipinski definition) is 1. The molecule has 0 aliphatic rings. The first-order chi connectivity index (χ1) is 11.9. The van der Waals surface area contributed by atoms with Gasteiger partial charge in [-0.1, -0.05) is 29.3 Å². The second-order valence-corrected chi connectivity index (χ2v) is 6.75. The largest absolute Gasteiger partial charge is 0.380 e. The number of nitrogens with one attached hydrogen (secondary N) is 1. The minimum absolute atomic E-state index is 0.150. The van der Waals surface area contributed by atoms with E-state index in [0.29, 0.717) is 29.9 Å². The lowest BCUT2D eigenvalue weighted by molar-refractivity contribution is 0.0997. The van der Waals surface area contributed by atoms with Gasteiger partial charge < -0.3 is 10.1 Å². The lowest BCUT2D eigenvalue weighted by Gasteiger charge is -2.11. The molecule has 0 aliphatic carbocycles. The zero-order valence-electron chi connectivity index (χ0n) is 14.7. The molecule has 1 amide bonds. The topological polar surface area (TPSA) is 56.2 Å². The van der Waals surface area contributed by atoms with E-state index in [4.69, 9.17) is 4.74 Å². The number of halogens is 2. The smallest absolute Gasteiger partial charge is 0.274 e. The summed E-state index contributed by atoms with van der Waals surface area (Å²) >= 11 is 3.27. The molecule has 0 fully saturated rings. The molecule has 0 aliphatic heterocycles. The molecule has 0 radical (unpaired) electrons. The molecule has 7 heteroatoms. The van der Waals surface area contributed by atoms with Crippen molar-refractivity contribution in [1.82, 2.24) is 9.78 Å². The average Bonchev–Trinajstić information content (AvgIpc) is 2.93. The SMILES string of the molecule is CCCCOCCn1ncc(C)c1C(=O)Nc1cc(C)c(Br)cc1F. The number of rotatable bonds is 8. The highest BCUT2D eigenvalue weighted by molar-refractivity contribution is 9.10. The summed E-state index contributed by atoms with van der Waals surface area (Å²) in [7, 11) is 0. The van der Waals surface area contributed by atoms with Crippen molar-refractivity contribution < 1.29 is 13.9 Å². The number of carbonyl (C=O) groups excluding carboxylic acids is 1. The summed E-state index contributed by atoms with van der Waals surface area (Å²) in [5.41, 5.74) is 2.14. The van der Waals surface area contributed by atoms with Gasteiger partial charge >= 0.3 is 0 Å². The summed E-state index contributed by atoms with van der Waals surface area (Å²) in [5.74, 6) is -0.873. The Bertz CT molecular complexity index is 746. The standard InChI is InChI=1S/C18H23BrFN3O2/c1-4-5-7-25-8-6-23-17(13(3)11-21-23)18(24)22-16-9-12(2)14(19)10-15(16)20/h9-11H,4-8H2,1-3H3,(H,22,24). The molecule has 0 unspecified atom stereocenters. The molecule has 136 valence electrons. The van der Waals surface area contributed by atoms with Crippen molar-refractivity contribution in [2.75, 3.05) is 18.5 Å². The van der Waals surface area contributed by atoms with E-state index in [1.807, 2.05) is 6.92 Å². The molecule has 2 aromatic rings. The number of nitrogens with zero attached hydrogens (tertiary/aromatic N) is 2. The minimum Gasteiger partial charge on any atom is -0.380 e. The van der Waals surface area contributed by atoms with Crippen molar-refractivity contribution in [2.45, 2.75) is 40.2 Å². The molecule has 1 heterocycles. The van der Waals surface area contributed by atoms with Crippen LogP contribution in [0.1, 0.15) is 41.4 Å². The van der Waals surface area contributed by atoms with Crippen molar-refractivity contribution in [3.63, 3.8) is 0 Å². The van der Waals surface area contributed by atoms with Gasteiger partial charge in [0.2, 0.25) is 0 Å². The number of aryl methyl sites for hydroxylation is 2. The Hall–Kier alpha value is -1.73. The number of hydrogen-bond acceptors (Lipinski definition) is 3. The Labute approximate surface area is 155 Å². The molecule has 1 aromatic heterocycles. The van der Waals surface area contributed by atoms with Crippen molar-refractivity contribution >= 4 is 27.5 Å². The van der Waals surface area contributed by atoms with E-state index in [2.05, 4.69) is 33.3 Å². The van der Waals surface area contributed by atoms with Gasteiger partial charge in [0.05, 0.1) is 25.0 Å². The van der Waals surface area contributed by atoms with Gasteiger partial charge in [-0.05, 0) is 43.5 Å². The van der Waals surface area contributed by atoms with E-state index in [1.165, 1.54) is 6.07 Å². The fourth-order valence-electron chi connectivity index (χ4n) is 2.38. The average molecular weight is 412 g/mol. The van der Waals surface area contributed by atoms with E-state index in [9.17, 15) is 9.18 Å². The molecule has 0 atom stereocenters. The number of ether oxygens (including phenoxy) is 1. The summed E-state index contributed by atoms with van der Waals surface area (Å²) in [4.78, 5) is 12.6. The summed E-state index contributed by atoms with van der Waals surface area (Å²) in [6, 6.07) is 2.94. The third-order valence-electron chi connectivity index (χ3n) is 3.82. The number of unbranched alkanes of at least 4 members (excludes halogenated alkanes) is 1. The Morgan fingerprint density at radius 1 is 1.32 bits per heavy atom. The number of carbonyl (C=O) groups is 1. The van der Waals surface area contributed by atoms with Gasteiger partial charge in [0.15, 0.2) is 0 Å². The molecule has 0 saturated heterocycles. The zero-order valence-corrected chi connectivity index (χ0v) is 16.3. The molecular formula is C18H23BrFN3O2. The first-order valence-electron chi connectivity index (χ1n) is 8.31. The van der Waals surface area contributed by atoms with Gasteiger partial charge in [0, 0.05) is 11.1 Å². The first kappa shape index (κ1) is 19.6. The van der Waals surface area contributed by atoms with Gasteiger partial charge in [-0.15, -0.1) is 0 Å². The maximum absolute atomic E-state index is 14.1. The summed E-state index contributed by atoms with van der Waals surface area (Å²) in [5, 5.41) is 6.86. The molecule has 0 bridgehead atoms. The Balaban J connectivity index is 2.09. The van der Waals surface area contributed by atoms with Gasteiger partial charge in [-0.2, -0.15) is 5.10 Å². The number of anilines is 1. The van der Waals surface area contributed by atoms with Crippen LogP contribution in [-0.4, -0.2) is 28.9 Å². The minimum atomic E-state index is -0.488. The third-order valence-corrected chi connectivity index (χ3v) is 4.68. The van der Waals surface area contributed by atoms with Crippen LogP contribution in [0, 0.1) is 19.7 Å². The van der Waals surface area contributed by atoms with E-state index in [-0.39, 0.29) is 11.6 Å². The van der Waals surface area contributed by atoms with Crippen molar-refractivity contribution in [1.29, 1.82) is 0 Å². The number of amides is 1. The lowest BCUT2D eigenvalue weighted by Crippen LogP contribution is -2.21. The van der Waals surface area contributed by atoms with E-state index in [0.717, 1.165) is 24.0 Å². The monoisotopic (exact) mass is 411 g/mol. The quantitative estimate of drug-likeness (QED) is 0.651. The van der Waals surface area contributed by atoms with Crippen LogP contribution in [0.25, 0.3) is 0 Å². The maximum Gasteiger partial charge on any atom is 0.274 e. The van der Waals surface area contributed by atoms with Crippen LogP contribution in [0.3, 0.4) is 0 Å². The molecule has 5 nitrogen and oxygen atoms in total. The highest BCUT2D eigenvalue weighted by Gasteiger charge is 2.18. The second kappa shape index (κ2) is 9.10. The predicted molar refractivity (Wildman–Crippen MR) is 99.5 cm³/mol. The van der Waals surface area contributed by atoms with E-state index in [1.54, 1.807) is 23.9 Å². The van der Waals surface area contributed by atoms with E-state index < -0.39 is 5.82 Å². The maximum atomic E-state index is 14.1. The number of aromatic nitrogens is 2. The van der Waals surface area contributed by atoms with Gasteiger partial charge in [0.25, 0.3) is 5.91 Å². The van der Waals surface area contributed by atoms with Crippen LogP contribution in [0.15, 0.2) is 22.8 Å². The number of benzene rings is 1. The van der Waals surface area contributed by atoms with Gasteiger partial charge in [-0.3, -0.25) is 9.48 Å².